The molecule has 0 amide bonds. The number of carbonyl (C=O) groups is 2. The van der Waals surface area contributed by atoms with Crippen molar-refractivity contribution in [2.24, 2.45) is 0 Å². The quantitative estimate of drug-likeness (QED) is 0.0268. The Bertz CT molecular complexity index is 1130. The number of esters is 2. The summed E-state index contributed by atoms with van der Waals surface area (Å²) < 4.78 is 33.2. The van der Waals surface area contributed by atoms with E-state index in [1.807, 2.05) is 0 Å². The monoisotopic (exact) mass is 836 g/mol. The van der Waals surface area contributed by atoms with Gasteiger partial charge in [-0.15, -0.1) is 0 Å². The molecule has 10 heteroatoms. The summed E-state index contributed by atoms with van der Waals surface area (Å²) in [5, 5.41) is 2.82. The van der Waals surface area contributed by atoms with Crippen molar-refractivity contribution in [3.63, 3.8) is 0 Å². The number of hydrogen-bond donors (Lipinski definition) is 2. The Morgan fingerprint density at radius 2 is 0.983 bits per heavy atom. The van der Waals surface area contributed by atoms with Gasteiger partial charge in [-0.2, -0.15) is 0 Å². The summed E-state index contributed by atoms with van der Waals surface area (Å²) in [6.07, 6.45) is 51.3. The predicted octanol–water partition coefficient (Wildman–Crippen LogP) is 13.5. The molecular formula is C48H86NO8P. The van der Waals surface area contributed by atoms with E-state index in [0.717, 1.165) is 51.4 Å². The van der Waals surface area contributed by atoms with E-state index >= 15 is 0 Å². The number of ether oxygens (including phenoxy) is 2. The number of nitrogens with one attached hydrogen (secondary N) is 1. The Kier molecular flexibility index (Phi) is 42.5. The normalized spacial score (nSPS) is 13.8. The van der Waals surface area contributed by atoms with Gasteiger partial charge in [0.2, 0.25) is 0 Å². The van der Waals surface area contributed by atoms with Crippen molar-refractivity contribution in [2.45, 2.75) is 200 Å². The number of hydrogen-bond acceptors (Lipinski definition) is 8. The van der Waals surface area contributed by atoms with E-state index in [1.165, 1.54) is 103 Å². The Hall–Kier alpha value is -2.29. The van der Waals surface area contributed by atoms with Crippen molar-refractivity contribution >= 4 is 19.8 Å². The van der Waals surface area contributed by atoms with E-state index in [-0.39, 0.29) is 26.1 Å². The van der Waals surface area contributed by atoms with Gasteiger partial charge in [0.1, 0.15) is 6.61 Å². The molecule has 0 bridgehead atoms. The fourth-order valence-electron chi connectivity index (χ4n) is 6.18. The highest BCUT2D eigenvalue weighted by Crippen LogP contribution is 2.43. The van der Waals surface area contributed by atoms with Crippen LogP contribution in [-0.4, -0.2) is 56.3 Å². The summed E-state index contributed by atoms with van der Waals surface area (Å²) in [6, 6.07) is 0. The van der Waals surface area contributed by atoms with Crippen molar-refractivity contribution in [1.29, 1.82) is 0 Å². The Morgan fingerprint density at radius 3 is 1.45 bits per heavy atom. The average Bonchev–Trinajstić information content (AvgIpc) is 3.21. The van der Waals surface area contributed by atoms with Crippen molar-refractivity contribution in [3.05, 3.63) is 60.8 Å². The summed E-state index contributed by atoms with van der Waals surface area (Å²) >= 11 is 0. The van der Waals surface area contributed by atoms with E-state index < -0.39 is 32.5 Å². The van der Waals surface area contributed by atoms with Crippen LogP contribution in [0.1, 0.15) is 194 Å². The Balaban J connectivity index is 4.25. The molecule has 0 aromatic heterocycles. The lowest BCUT2D eigenvalue weighted by atomic mass is 10.0. The van der Waals surface area contributed by atoms with Crippen molar-refractivity contribution in [1.82, 2.24) is 5.32 Å². The van der Waals surface area contributed by atoms with Crippen LogP contribution in [0.2, 0.25) is 0 Å². The first-order valence-electron chi connectivity index (χ1n) is 23.2. The second-order valence-electron chi connectivity index (χ2n) is 15.2. The molecule has 0 radical (unpaired) electrons. The number of likely N-dealkylation sites (N-methyl/N-ethyl adjacent to an activating group) is 1. The number of rotatable bonds is 43. The van der Waals surface area contributed by atoms with Crippen LogP contribution in [0.25, 0.3) is 0 Å². The van der Waals surface area contributed by atoms with Crippen LogP contribution in [-0.2, 0) is 32.7 Å². The fraction of sp³-hybridized carbons (Fsp3) is 0.750. The summed E-state index contributed by atoms with van der Waals surface area (Å²) in [6.45, 7) is 4.06. The molecule has 0 saturated heterocycles. The molecule has 58 heavy (non-hydrogen) atoms. The van der Waals surface area contributed by atoms with E-state index in [9.17, 15) is 19.0 Å². The maximum atomic E-state index is 12.7. The third-order valence-electron chi connectivity index (χ3n) is 9.65. The summed E-state index contributed by atoms with van der Waals surface area (Å²) in [5.41, 5.74) is 0. The number of allylic oxidation sites excluding steroid dienone is 10. The number of phosphoric ester groups is 1. The minimum Gasteiger partial charge on any atom is -0.462 e. The summed E-state index contributed by atoms with van der Waals surface area (Å²) in [7, 11) is -2.67. The van der Waals surface area contributed by atoms with Gasteiger partial charge in [0.15, 0.2) is 6.10 Å². The van der Waals surface area contributed by atoms with E-state index in [0.29, 0.717) is 19.4 Å². The van der Waals surface area contributed by atoms with E-state index in [1.54, 1.807) is 7.05 Å². The smallest absolute Gasteiger partial charge is 0.462 e. The molecule has 0 aliphatic rings. The second kappa shape index (κ2) is 44.3. The van der Waals surface area contributed by atoms with Crippen molar-refractivity contribution < 1.29 is 37.6 Å². The molecule has 0 spiro atoms. The molecule has 0 aromatic carbocycles. The SMILES string of the molecule is CC/C=C\C/C=C\C/C=C\C/C=C\C/C=C\CCCC(=O)OCC(COP(=O)(O)OCCNC)OC(=O)CCCCCCCCCCCCCCCCCCCCC. The van der Waals surface area contributed by atoms with Gasteiger partial charge in [0.05, 0.1) is 13.2 Å². The lowest BCUT2D eigenvalue weighted by Gasteiger charge is -2.20. The maximum Gasteiger partial charge on any atom is 0.472 e. The molecule has 0 heterocycles. The van der Waals surface area contributed by atoms with E-state index in [2.05, 4.69) is 79.9 Å². The van der Waals surface area contributed by atoms with Gasteiger partial charge >= 0.3 is 19.8 Å². The Labute approximate surface area is 355 Å². The largest absolute Gasteiger partial charge is 0.472 e. The average molecular weight is 836 g/mol. The molecule has 0 saturated carbocycles. The molecular weight excluding hydrogens is 750 g/mol. The van der Waals surface area contributed by atoms with Crippen LogP contribution >= 0.6 is 7.82 Å². The summed E-state index contributed by atoms with van der Waals surface area (Å²) in [4.78, 5) is 35.1. The van der Waals surface area contributed by atoms with Crippen LogP contribution in [0.4, 0.5) is 0 Å². The highest BCUT2D eigenvalue weighted by atomic mass is 31.2. The minimum absolute atomic E-state index is 0.0268. The molecule has 0 aromatic rings. The topological polar surface area (TPSA) is 120 Å². The molecule has 2 N–H and O–H groups in total. The highest BCUT2D eigenvalue weighted by molar-refractivity contribution is 7.47. The first-order valence-corrected chi connectivity index (χ1v) is 24.7. The van der Waals surface area contributed by atoms with Gasteiger partial charge in [-0.1, -0.05) is 190 Å². The third kappa shape index (κ3) is 43.3. The first kappa shape index (κ1) is 55.7. The van der Waals surface area contributed by atoms with Crippen LogP contribution in [0.15, 0.2) is 60.8 Å². The molecule has 0 fully saturated rings. The van der Waals surface area contributed by atoms with Gasteiger partial charge in [0, 0.05) is 19.4 Å². The van der Waals surface area contributed by atoms with Crippen LogP contribution in [0.5, 0.6) is 0 Å². The predicted molar refractivity (Wildman–Crippen MR) is 243 cm³/mol. The lowest BCUT2D eigenvalue weighted by molar-refractivity contribution is -0.161. The summed E-state index contributed by atoms with van der Waals surface area (Å²) in [5.74, 6) is -0.872. The molecule has 2 atom stereocenters. The standard InChI is InChI=1S/C48H86NO8P/c1-4-6-8-10-12-14-16-18-20-22-23-25-27-29-31-33-35-37-39-41-48(51)57-46(45-56-58(52,53)55-43-42-49-3)44-54-47(50)40-38-36-34-32-30-28-26-24-21-19-17-15-13-11-9-7-5-2/h7,9,13,15,19,21,26,28,32,34,46,49H,4-6,8,10-12,14,16-18,20,22-25,27,29-31,33,35-45H2,1-3H3,(H,52,53)/b9-7-,15-13-,21-19-,28-26-,34-32-. The van der Waals surface area contributed by atoms with Crippen molar-refractivity contribution in [3.8, 4) is 0 Å². The molecule has 0 rings (SSSR count). The highest BCUT2D eigenvalue weighted by Gasteiger charge is 2.26. The third-order valence-corrected chi connectivity index (χ3v) is 10.6. The van der Waals surface area contributed by atoms with Gasteiger partial charge in [-0.25, -0.2) is 4.57 Å². The van der Waals surface area contributed by atoms with Crippen LogP contribution < -0.4 is 5.32 Å². The van der Waals surface area contributed by atoms with Gasteiger partial charge in [-0.05, 0) is 58.4 Å². The zero-order chi connectivity index (χ0) is 42.5. The molecule has 0 aliphatic carbocycles. The lowest BCUT2D eigenvalue weighted by Crippen LogP contribution is -2.29. The first-order chi connectivity index (χ1) is 28.3. The van der Waals surface area contributed by atoms with E-state index in [4.69, 9.17) is 18.5 Å². The van der Waals surface area contributed by atoms with Gasteiger partial charge in [-0.3, -0.25) is 18.6 Å². The van der Waals surface area contributed by atoms with Crippen LogP contribution in [0, 0.1) is 0 Å². The number of unbranched alkanes of at least 4 members (excludes halogenated alkanes) is 19. The maximum absolute atomic E-state index is 12.7. The fourth-order valence-corrected chi connectivity index (χ4v) is 6.93. The zero-order valence-corrected chi connectivity index (χ0v) is 38.1. The minimum atomic E-state index is -4.36. The molecule has 336 valence electrons. The van der Waals surface area contributed by atoms with Gasteiger partial charge < -0.3 is 19.7 Å². The number of phosphoric acid groups is 1. The van der Waals surface area contributed by atoms with Crippen LogP contribution in [0.3, 0.4) is 0 Å². The molecule has 2 unspecified atom stereocenters. The zero-order valence-electron chi connectivity index (χ0n) is 37.2. The molecule has 9 nitrogen and oxygen atoms in total. The van der Waals surface area contributed by atoms with Crippen molar-refractivity contribution in [2.75, 3.05) is 33.4 Å². The van der Waals surface area contributed by atoms with Gasteiger partial charge in [0.25, 0.3) is 0 Å². The Morgan fingerprint density at radius 1 is 0.552 bits per heavy atom. The number of carbonyl (C=O) groups excluding carboxylic acids is 2. The molecule has 0 aliphatic heterocycles. The second-order valence-corrected chi connectivity index (χ2v) is 16.7.